The van der Waals surface area contributed by atoms with Crippen LogP contribution in [0.2, 0.25) is 5.15 Å². The molecule has 0 unspecified atom stereocenters. The fraction of sp³-hybridized carbons (Fsp3) is 0.368. The number of nitrogens with zero attached hydrogens (tertiary/aromatic N) is 2. The first kappa shape index (κ1) is 21.4. The molecular weight excluding hydrogens is 384 g/mol. The molecule has 0 aliphatic carbocycles. The number of esters is 1. The summed E-state index contributed by atoms with van der Waals surface area (Å²) in [7, 11) is 0. The van der Waals surface area contributed by atoms with Gasteiger partial charge in [-0.3, -0.25) is 10.1 Å². The average molecular weight is 407 g/mol. The molecule has 0 aliphatic heterocycles. The molecule has 2 aromatic rings. The second kappa shape index (κ2) is 8.43. The van der Waals surface area contributed by atoms with Gasteiger partial charge in [-0.1, -0.05) is 29.8 Å². The zero-order valence-corrected chi connectivity index (χ0v) is 17.1. The van der Waals surface area contributed by atoms with Gasteiger partial charge in [0.1, 0.15) is 10.7 Å². The molecule has 1 aromatic carbocycles. The highest BCUT2D eigenvalue weighted by atomic mass is 35.5. The average Bonchev–Trinajstić information content (AvgIpc) is 2.88. The Labute approximate surface area is 168 Å². The second-order valence-electron chi connectivity index (χ2n) is 7.24. The second-order valence-corrected chi connectivity index (χ2v) is 7.60. The molecule has 1 atom stereocenters. The fourth-order valence-corrected chi connectivity index (χ4v) is 2.68. The zero-order chi connectivity index (χ0) is 21.1. The van der Waals surface area contributed by atoms with E-state index in [0.717, 1.165) is 0 Å². The number of para-hydroxylation sites is 1. The van der Waals surface area contributed by atoms with E-state index in [0.29, 0.717) is 11.4 Å². The lowest BCUT2D eigenvalue weighted by molar-refractivity contribution is -0.127. The summed E-state index contributed by atoms with van der Waals surface area (Å²) in [5.41, 5.74) is 0.585. The molecule has 1 aromatic heterocycles. The van der Waals surface area contributed by atoms with Crippen LogP contribution in [-0.2, 0) is 9.53 Å². The Hall–Kier alpha value is -2.87. The minimum atomic E-state index is -1.20. The van der Waals surface area contributed by atoms with Crippen LogP contribution in [-0.4, -0.2) is 39.3 Å². The molecule has 0 saturated heterocycles. The lowest BCUT2D eigenvalue weighted by Crippen LogP contribution is -2.50. The summed E-state index contributed by atoms with van der Waals surface area (Å²) in [5.74, 6) is -1.55. The van der Waals surface area contributed by atoms with Crippen LogP contribution in [0.15, 0.2) is 30.3 Å². The van der Waals surface area contributed by atoms with Crippen LogP contribution in [0.3, 0.4) is 0 Å². The maximum absolute atomic E-state index is 12.5. The van der Waals surface area contributed by atoms with Crippen molar-refractivity contribution in [3.8, 4) is 5.69 Å². The summed E-state index contributed by atoms with van der Waals surface area (Å²) in [6.45, 7) is 8.30. The summed E-state index contributed by atoms with van der Waals surface area (Å²) in [6, 6.07) is 8.38. The molecule has 150 valence electrons. The van der Waals surface area contributed by atoms with E-state index in [1.807, 2.05) is 18.2 Å². The van der Waals surface area contributed by atoms with Crippen molar-refractivity contribution in [1.82, 2.24) is 20.4 Å². The Morgan fingerprint density at radius 3 is 2.36 bits per heavy atom. The van der Waals surface area contributed by atoms with Gasteiger partial charge in [0.15, 0.2) is 6.10 Å². The Kier molecular flexibility index (Phi) is 6.45. The number of ether oxygens (including phenoxy) is 1. The summed E-state index contributed by atoms with van der Waals surface area (Å²) in [4.78, 5) is 36.4. The van der Waals surface area contributed by atoms with Crippen LogP contribution in [0.25, 0.3) is 5.69 Å². The van der Waals surface area contributed by atoms with Crippen molar-refractivity contribution in [2.24, 2.45) is 0 Å². The van der Waals surface area contributed by atoms with Gasteiger partial charge >= 0.3 is 12.0 Å². The molecular formula is C19H23ClN4O4. The minimum Gasteiger partial charge on any atom is -0.449 e. The quantitative estimate of drug-likeness (QED) is 0.760. The van der Waals surface area contributed by atoms with E-state index in [-0.39, 0.29) is 10.7 Å². The highest BCUT2D eigenvalue weighted by Gasteiger charge is 2.27. The van der Waals surface area contributed by atoms with Gasteiger partial charge < -0.3 is 10.1 Å². The first-order valence-corrected chi connectivity index (χ1v) is 9.02. The number of urea groups is 1. The Morgan fingerprint density at radius 1 is 1.18 bits per heavy atom. The highest BCUT2D eigenvalue weighted by Crippen LogP contribution is 2.24. The molecule has 28 heavy (non-hydrogen) atoms. The van der Waals surface area contributed by atoms with E-state index in [1.54, 1.807) is 39.8 Å². The van der Waals surface area contributed by atoms with Gasteiger partial charge in [0.05, 0.1) is 11.4 Å². The molecule has 8 nitrogen and oxygen atoms in total. The molecule has 0 aliphatic rings. The normalized spacial score (nSPS) is 12.2. The molecule has 1 heterocycles. The van der Waals surface area contributed by atoms with Gasteiger partial charge in [-0.2, -0.15) is 5.10 Å². The van der Waals surface area contributed by atoms with Crippen molar-refractivity contribution >= 4 is 29.5 Å². The van der Waals surface area contributed by atoms with Crippen LogP contribution in [0.4, 0.5) is 4.79 Å². The van der Waals surface area contributed by atoms with Crippen molar-refractivity contribution in [2.45, 2.75) is 46.3 Å². The molecule has 0 bridgehead atoms. The molecule has 0 spiro atoms. The molecule has 0 saturated carbocycles. The molecule has 0 radical (unpaired) electrons. The van der Waals surface area contributed by atoms with Gasteiger partial charge in [-0.25, -0.2) is 14.3 Å². The molecule has 2 N–H and O–H groups in total. The van der Waals surface area contributed by atoms with Gasteiger partial charge in [0.2, 0.25) is 0 Å². The number of nitrogens with one attached hydrogen (secondary N) is 2. The summed E-state index contributed by atoms with van der Waals surface area (Å²) in [6.07, 6.45) is -1.20. The Morgan fingerprint density at radius 2 is 1.79 bits per heavy atom. The third-order valence-electron chi connectivity index (χ3n) is 3.59. The van der Waals surface area contributed by atoms with Crippen molar-refractivity contribution in [2.75, 3.05) is 0 Å². The van der Waals surface area contributed by atoms with Crippen LogP contribution in [0.1, 0.15) is 43.7 Å². The number of hydrogen-bond acceptors (Lipinski definition) is 5. The Bertz CT molecular complexity index is 887. The summed E-state index contributed by atoms with van der Waals surface area (Å²) >= 11 is 6.31. The third kappa shape index (κ3) is 5.32. The molecule has 2 rings (SSSR count). The number of aryl methyl sites for hydroxylation is 1. The number of halogens is 1. The molecule has 0 fully saturated rings. The number of aromatic nitrogens is 2. The topological polar surface area (TPSA) is 102 Å². The lowest BCUT2D eigenvalue weighted by Gasteiger charge is -2.21. The fourth-order valence-electron chi connectivity index (χ4n) is 2.33. The molecule has 9 heteroatoms. The number of rotatable bonds is 4. The number of hydrogen-bond donors (Lipinski definition) is 2. The van der Waals surface area contributed by atoms with Crippen LogP contribution in [0, 0.1) is 6.92 Å². The smallest absolute Gasteiger partial charge is 0.344 e. The predicted molar refractivity (Wildman–Crippen MR) is 105 cm³/mol. The summed E-state index contributed by atoms with van der Waals surface area (Å²) in [5, 5.41) is 9.05. The van der Waals surface area contributed by atoms with Crippen molar-refractivity contribution in [3.05, 3.63) is 46.7 Å². The van der Waals surface area contributed by atoms with E-state index in [4.69, 9.17) is 16.3 Å². The SMILES string of the molecule is Cc1nn(-c2ccccc2)c(Cl)c1C(=O)O[C@@H](C)C(=O)NC(=O)NC(C)(C)C. The Balaban J connectivity index is 2.09. The van der Waals surface area contributed by atoms with Crippen molar-refractivity contribution in [3.63, 3.8) is 0 Å². The number of carbonyl (C=O) groups is 3. The third-order valence-corrected chi connectivity index (χ3v) is 3.94. The van der Waals surface area contributed by atoms with Gasteiger partial charge in [-0.05, 0) is 46.8 Å². The maximum atomic E-state index is 12.5. The zero-order valence-electron chi connectivity index (χ0n) is 16.4. The van der Waals surface area contributed by atoms with E-state index in [2.05, 4.69) is 15.7 Å². The van der Waals surface area contributed by atoms with Crippen molar-refractivity contribution in [1.29, 1.82) is 0 Å². The van der Waals surface area contributed by atoms with Crippen LogP contribution in [0.5, 0.6) is 0 Å². The minimum absolute atomic E-state index is 0.0595. The van der Waals surface area contributed by atoms with Crippen LogP contribution < -0.4 is 10.6 Å². The van der Waals surface area contributed by atoms with Gasteiger partial charge in [0.25, 0.3) is 5.91 Å². The lowest BCUT2D eigenvalue weighted by atomic mass is 10.1. The first-order valence-electron chi connectivity index (χ1n) is 8.64. The largest absolute Gasteiger partial charge is 0.449 e. The van der Waals surface area contributed by atoms with Crippen molar-refractivity contribution < 1.29 is 19.1 Å². The highest BCUT2D eigenvalue weighted by molar-refractivity contribution is 6.33. The standard InChI is InChI=1S/C19H23ClN4O4/c1-11-14(15(20)24(23-11)13-9-7-6-8-10-13)17(26)28-12(2)16(25)21-18(27)22-19(3,4)5/h6-10,12H,1-5H3,(H2,21,22,25,27)/t12-/m0/s1. The number of carbonyl (C=O) groups excluding carboxylic acids is 3. The van der Waals surface area contributed by atoms with Crippen LogP contribution >= 0.6 is 11.6 Å². The molecule has 3 amide bonds. The number of benzene rings is 1. The van der Waals surface area contributed by atoms with E-state index in [1.165, 1.54) is 11.6 Å². The number of amides is 3. The predicted octanol–water partition coefficient (Wildman–Crippen LogP) is 3.00. The van der Waals surface area contributed by atoms with E-state index in [9.17, 15) is 14.4 Å². The van der Waals surface area contributed by atoms with E-state index < -0.39 is 29.6 Å². The van der Waals surface area contributed by atoms with Gasteiger partial charge in [0, 0.05) is 5.54 Å². The number of imide groups is 1. The monoisotopic (exact) mass is 406 g/mol. The first-order chi connectivity index (χ1) is 13.0. The maximum Gasteiger partial charge on any atom is 0.344 e. The van der Waals surface area contributed by atoms with E-state index >= 15 is 0 Å². The summed E-state index contributed by atoms with van der Waals surface area (Å²) < 4.78 is 6.58. The van der Waals surface area contributed by atoms with Gasteiger partial charge in [-0.15, -0.1) is 0 Å².